The Labute approximate surface area is 176 Å². The minimum Gasteiger partial charge on any atom is -0.382 e. The summed E-state index contributed by atoms with van der Waals surface area (Å²) in [7, 11) is 0. The number of thiophene rings is 1. The first-order chi connectivity index (χ1) is 14.1. The van der Waals surface area contributed by atoms with E-state index in [1.807, 2.05) is 11.8 Å². The zero-order valence-corrected chi connectivity index (χ0v) is 17.7. The number of rotatable bonds is 2. The van der Waals surface area contributed by atoms with Crippen molar-refractivity contribution < 1.29 is 9.53 Å². The highest BCUT2D eigenvalue weighted by atomic mass is 32.1. The Morgan fingerprint density at radius 1 is 1.24 bits per heavy atom. The minimum absolute atomic E-state index is 0.0824. The highest BCUT2D eigenvalue weighted by molar-refractivity contribution is 7.15. The first-order valence-electron chi connectivity index (χ1n) is 9.60. The molecule has 29 heavy (non-hydrogen) atoms. The molecule has 1 fully saturated rings. The third-order valence-corrected chi connectivity index (χ3v) is 7.86. The molecular weight excluding hydrogens is 406 g/mol. The monoisotopic (exact) mass is 427 g/mol. The van der Waals surface area contributed by atoms with E-state index in [2.05, 4.69) is 21.0 Å². The topological polar surface area (TPSA) is 94.2 Å². The number of amides is 1. The molecule has 3 aromatic rings. The number of nitrogens with zero attached hydrogens (tertiary/aromatic N) is 4. The average molecular weight is 428 g/mol. The normalized spacial score (nSPS) is 18.0. The van der Waals surface area contributed by atoms with Crippen LogP contribution in [0.4, 0.5) is 5.82 Å². The smallest absolute Gasteiger partial charge is 0.265 e. The van der Waals surface area contributed by atoms with Crippen LogP contribution in [-0.4, -0.2) is 45.5 Å². The van der Waals surface area contributed by atoms with Crippen LogP contribution >= 0.6 is 22.7 Å². The molecule has 9 heteroatoms. The molecule has 2 aliphatic rings. The second kappa shape index (κ2) is 7.16. The lowest BCUT2D eigenvalue weighted by molar-refractivity contribution is -0.0926. The van der Waals surface area contributed by atoms with Crippen molar-refractivity contribution in [2.75, 3.05) is 25.4 Å². The van der Waals surface area contributed by atoms with E-state index < -0.39 is 0 Å². The van der Waals surface area contributed by atoms with E-state index >= 15 is 0 Å². The largest absolute Gasteiger partial charge is 0.382 e. The van der Waals surface area contributed by atoms with Crippen LogP contribution in [0.15, 0.2) is 24.0 Å². The van der Waals surface area contributed by atoms with Gasteiger partial charge >= 0.3 is 0 Å². The minimum atomic E-state index is -0.316. The summed E-state index contributed by atoms with van der Waals surface area (Å²) in [4.78, 5) is 30.8. The van der Waals surface area contributed by atoms with Gasteiger partial charge in [-0.3, -0.25) is 4.79 Å². The van der Waals surface area contributed by atoms with Crippen molar-refractivity contribution >= 4 is 34.4 Å². The van der Waals surface area contributed by atoms with Crippen LogP contribution in [0.3, 0.4) is 0 Å². The van der Waals surface area contributed by atoms with E-state index in [-0.39, 0.29) is 11.5 Å². The van der Waals surface area contributed by atoms with Crippen LogP contribution < -0.4 is 5.73 Å². The SMILES string of the molecule is Cc1ncsc1C(=O)N1CCC2(CC1)OCCc1sc(-c3cnc(N)cn3)cc12. The van der Waals surface area contributed by atoms with Crippen LogP contribution in [0.25, 0.3) is 10.6 Å². The van der Waals surface area contributed by atoms with Gasteiger partial charge in [-0.15, -0.1) is 22.7 Å². The molecular formula is C20H21N5O2S2. The zero-order chi connectivity index (χ0) is 20.0. The van der Waals surface area contributed by atoms with Gasteiger partial charge in [0.05, 0.1) is 46.4 Å². The Morgan fingerprint density at radius 2 is 2.07 bits per heavy atom. The molecule has 0 atom stereocenters. The van der Waals surface area contributed by atoms with Crippen molar-refractivity contribution in [3.63, 3.8) is 0 Å². The van der Waals surface area contributed by atoms with Crippen LogP contribution in [0, 0.1) is 6.92 Å². The number of carbonyl (C=O) groups is 1. The highest BCUT2D eigenvalue weighted by Gasteiger charge is 2.43. The molecule has 1 amide bonds. The van der Waals surface area contributed by atoms with Crippen molar-refractivity contribution in [3.8, 4) is 10.6 Å². The molecule has 0 aromatic carbocycles. The van der Waals surface area contributed by atoms with Gasteiger partial charge in [0.15, 0.2) is 0 Å². The van der Waals surface area contributed by atoms with E-state index in [0.717, 1.165) is 40.4 Å². The summed E-state index contributed by atoms with van der Waals surface area (Å²) in [6.45, 7) is 3.96. The van der Waals surface area contributed by atoms with Gasteiger partial charge in [-0.25, -0.2) is 15.0 Å². The fourth-order valence-corrected chi connectivity index (χ4v) is 6.11. The number of carbonyl (C=O) groups excluding carboxylic acids is 1. The van der Waals surface area contributed by atoms with Gasteiger partial charge in [-0.2, -0.15) is 0 Å². The van der Waals surface area contributed by atoms with Gasteiger partial charge < -0.3 is 15.4 Å². The van der Waals surface area contributed by atoms with E-state index in [1.54, 1.807) is 29.2 Å². The third kappa shape index (κ3) is 3.23. The average Bonchev–Trinajstić information content (AvgIpc) is 3.36. The summed E-state index contributed by atoms with van der Waals surface area (Å²) in [6, 6.07) is 2.20. The van der Waals surface area contributed by atoms with Gasteiger partial charge in [0, 0.05) is 24.4 Å². The fraction of sp³-hybridized carbons (Fsp3) is 0.400. The Kier molecular flexibility index (Phi) is 4.60. The summed E-state index contributed by atoms with van der Waals surface area (Å²) in [5.41, 5.74) is 9.98. The lowest BCUT2D eigenvalue weighted by Gasteiger charge is -2.44. The number of anilines is 1. The fourth-order valence-electron chi connectivity index (χ4n) is 4.14. The predicted octanol–water partition coefficient (Wildman–Crippen LogP) is 3.26. The van der Waals surface area contributed by atoms with Crippen LogP contribution in [0.1, 0.15) is 38.6 Å². The molecule has 150 valence electrons. The van der Waals surface area contributed by atoms with Gasteiger partial charge in [0.2, 0.25) is 0 Å². The summed E-state index contributed by atoms with van der Waals surface area (Å²) in [6.07, 6.45) is 5.82. The van der Waals surface area contributed by atoms with Crippen molar-refractivity contribution in [2.24, 2.45) is 0 Å². The van der Waals surface area contributed by atoms with Crippen molar-refractivity contribution in [2.45, 2.75) is 31.8 Å². The first-order valence-corrected chi connectivity index (χ1v) is 11.3. The van der Waals surface area contributed by atoms with Gasteiger partial charge in [-0.1, -0.05) is 0 Å². The molecule has 7 nitrogen and oxygen atoms in total. The van der Waals surface area contributed by atoms with E-state index in [4.69, 9.17) is 10.5 Å². The maximum atomic E-state index is 12.8. The molecule has 0 aliphatic carbocycles. The van der Waals surface area contributed by atoms with Crippen molar-refractivity contribution in [3.05, 3.63) is 45.0 Å². The number of hydrogen-bond acceptors (Lipinski definition) is 8. The number of likely N-dealkylation sites (tertiary alicyclic amines) is 1. The van der Waals surface area contributed by atoms with Crippen LogP contribution in [-0.2, 0) is 16.8 Å². The highest BCUT2D eigenvalue weighted by Crippen LogP contribution is 2.46. The van der Waals surface area contributed by atoms with E-state index in [0.29, 0.717) is 25.5 Å². The van der Waals surface area contributed by atoms with Gasteiger partial charge in [0.25, 0.3) is 5.91 Å². The molecule has 0 unspecified atom stereocenters. The molecule has 3 aromatic heterocycles. The van der Waals surface area contributed by atoms with Crippen LogP contribution in [0.2, 0.25) is 0 Å². The Hall–Kier alpha value is -2.36. The number of nitrogens with two attached hydrogens (primary N) is 1. The molecule has 1 saturated heterocycles. The second-order valence-corrected chi connectivity index (χ2v) is 9.42. The number of piperidine rings is 1. The second-order valence-electron chi connectivity index (χ2n) is 7.43. The molecule has 0 bridgehead atoms. The number of aromatic nitrogens is 3. The molecule has 1 spiro atoms. The predicted molar refractivity (Wildman–Crippen MR) is 113 cm³/mol. The molecule has 0 radical (unpaired) electrons. The quantitative estimate of drug-likeness (QED) is 0.675. The first kappa shape index (κ1) is 18.7. The number of hydrogen-bond donors (Lipinski definition) is 1. The molecule has 5 heterocycles. The Bertz CT molecular complexity index is 1050. The maximum Gasteiger partial charge on any atom is 0.265 e. The maximum absolute atomic E-state index is 12.8. The number of fused-ring (bicyclic) bond motifs is 2. The number of ether oxygens (including phenoxy) is 1. The summed E-state index contributed by atoms with van der Waals surface area (Å²) < 4.78 is 6.35. The standard InChI is InChI=1S/C20H21N5O2S2/c1-12-18(28-11-24-12)19(26)25-5-3-20(4-6-25)13-8-16(29-15(13)2-7-27-20)14-9-23-17(21)10-22-14/h8-11H,2-7H2,1H3,(H2,21,23). The number of thiazole rings is 1. The van der Waals surface area contributed by atoms with Gasteiger partial charge in [-0.05, 0) is 31.4 Å². The summed E-state index contributed by atoms with van der Waals surface area (Å²) >= 11 is 3.17. The third-order valence-electron chi connectivity index (χ3n) is 5.73. The molecule has 5 rings (SSSR count). The molecule has 2 aliphatic heterocycles. The van der Waals surface area contributed by atoms with Gasteiger partial charge in [0.1, 0.15) is 10.7 Å². The Balaban J connectivity index is 1.39. The summed E-state index contributed by atoms with van der Waals surface area (Å²) in [5, 5.41) is 0. The zero-order valence-electron chi connectivity index (χ0n) is 16.1. The van der Waals surface area contributed by atoms with Crippen molar-refractivity contribution in [1.82, 2.24) is 19.9 Å². The molecule has 2 N–H and O–H groups in total. The summed E-state index contributed by atoms with van der Waals surface area (Å²) in [5.74, 6) is 0.502. The van der Waals surface area contributed by atoms with E-state index in [1.165, 1.54) is 21.8 Å². The molecule has 0 saturated carbocycles. The number of aryl methyl sites for hydroxylation is 1. The lowest BCUT2D eigenvalue weighted by Crippen LogP contribution is -2.48. The number of nitrogen functional groups attached to an aromatic ring is 1. The van der Waals surface area contributed by atoms with E-state index in [9.17, 15) is 4.79 Å². The lowest BCUT2D eigenvalue weighted by atomic mass is 9.82. The van der Waals surface area contributed by atoms with Crippen molar-refractivity contribution in [1.29, 1.82) is 0 Å². The Morgan fingerprint density at radius 3 is 2.76 bits per heavy atom. The van der Waals surface area contributed by atoms with Crippen LogP contribution in [0.5, 0.6) is 0 Å².